The fourth-order valence-electron chi connectivity index (χ4n) is 3.33. The van der Waals surface area contributed by atoms with Gasteiger partial charge in [-0.2, -0.15) is 0 Å². The molecule has 0 radical (unpaired) electrons. The molecule has 0 aromatic heterocycles. The smallest absolute Gasteiger partial charge is 0.294 e. The highest BCUT2D eigenvalue weighted by atomic mass is 35.5. The van der Waals surface area contributed by atoms with Crippen LogP contribution in [0, 0.1) is 10.1 Å². The summed E-state index contributed by atoms with van der Waals surface area (Å²) in [5.74, 6) is 1.81. The molecule has 0 aliphatic carbocycles. The molecule has 1 aromatic carbocycles. The lowest BCUT2D eigenvalue weighted by Gasteiger charge is -2.18. The summed E-state index contributed by atoms with van der Waals surface area (Å²) in [6.07, 6.45) is -0.588. The van der Waals surface area contributed by atoms with Crippen LogP contribution in [-0.4, -0.2) is 70.0 Å². The monoisotopic (exact) mass is 420 g/mol. The first-order chi connectivity index (χ1) is 13.1. The zero-order valence-electron chi connectivity index (χ0n) is 15.7. The summed E-state index contributed by atoms with van der Waals surface area (Å²) in [5.41, 5.74) is 0. The van der Waals surface area contributed by atoms with Crippen LogP contribution in [0.3, 0.4) is 0 Å². The maximum atomic E-state index is 10.5. The minimum atomic E-state index is -0.802. The Hall–Kier alpha value is -2.01. The van der Waals surface area contributed by atoms with Gasteiger partial charge in [-0.3, -0.25) is 0 Å². The number of nitrogens with one attached hydrogen (secondary N) is 1. The molecule has 10 nitrogen and oxygen atoms in total. The van der Waals surface area contributed by atoms with E-state index in [1.54, 1.807) is 14.2 Å². The van der Waals surface area contributed by atoms with Crippen molar-refractivity contribution < 1.29 is 33.6 Å². The third kappa shape index (κ3) is 5.07. The Bertz CT molecular complexity index is 627. The molecule has 2 fully saturated rings. The number of para-hydroxylation sites is 1. The normalized spacial score (nSPS) is 25.5. The molecule has 2 heterocycles. The third-order valence-corrected chi connectivity index (χ3v) is 4.59. The molecule has 1 aromatic rings. The molecule has 158 valence electrons. The number of benzene rings is 1. The second kappa shape index (κ2) is 10.5. The van der Waals surface area contributed by atoms with E-state index < -0.39 is 17.3 Å². The summed E-state index contributed by atoms with van der Waals surface area (Å²) in [6.45, 7) is 1.73. The number of rotatable bonds is 10. The summed E-state index contributed by atoms with van der Waals surface area (Å²) in [7, 11) is 3.16. The first-order valence-electron chi connectivity index (χ1n) is 8.75. The highest BCUT2D eigenvalue weighted by molar-refractivity contribution is 5.85. The van der Waals surface area contributed by atoms with Crippen LogP contribution in [0.15, 0.2) is 18.2 Å². The molecular weight excluding hydrogens is 396 g/mol. The zero-order valence-corrected chi connectivity index (χ0v) is 16.5. The molecule has 11 heteroatoms. The molecule has 28 heavy (non-hydrogen) atoms. The SMILES string of the molecule is COc1cccc(OC)c1OCCCN[C@H]1CO[C@H]2[C@@H]1OC[C@@H]2O[N+](=O)[O-].Cl. The average Bonchev–Trinajstić information content (AvgIpc) is 3.24. The van der Waals surface area contributed by atoms with Crippen LogP contribution < -0.4 is 19.5 Å². The average molecular weight is 421 g/mol. The topological polar surface area (TPSA) is 111 Å². The van der Waals surface area contributed by atoms with Crippen molar-refractivity contribution in [2.45, 2.75) is 30.8 Å². The number of methoxy groups -OCH3 is 2. The van der Waals surface area contributed by atoms with Gasteiger partial charge in [0.15, 0.2) is 17.6 Å². The van der Waals surface area contributed by atoms with Crippen molar-refractivity contribution in [2.75, 3.05) is 40.6 Å². The maximum absolute atomic E-state index is 10.5. The van der Waals surface area contributed by atoms with E-state index in [1.807, 2.05) is 18.2 Å². The number of halogens is 1. The van der Waals surface area contributed by atoms with E-state index in [2.05, 4.69) is 10.2 Å². The third-order valence-electron chi connectivity index (χ3n) is 4.59. The minimum absolute atomic E-state index is 0. The molecule has 4 atom stereocenters. The summed E-state index contributed by atoms with van der Waals surface area (Å²) in [6, 6.07) is 5.43. The predicted molar refractivity (Wildman–Crippen MR) is 100 cm³/mol. The number of hydrogen-bond acceptors (Lipinski definition) is 9. The second-order valence-electron chi connectivity index (χ2n) is 6.22. The van der Waals surface area contributed by atoms with Gasteiger partial charge in [-0.1, -0.05) is 6.07 Å². The Morgan fingerprint density at radius 1 is 1.18 bits per heavy atom. The van der Waals surface area contributed by atoms with Gasteiger partial charge in [0.25, 0.3) is 5.09 Å². The Morgan fingerprint density at radius 3 is 2.50 bits per heavy atom. The minimum Gasteiger partial charge on any atom is -0.493 e. The van der Waals surface area contributed by atoms with Crippen LogP contribution in [-0.2, 0) is 14.3 Å². The van der Waals surface area contributed by atoms with Gasteiger partial charge in [0.1, 0.15) is 12.2 Å². The van der Waals surface area contributed by atoms with Gasteiger partial charge in [0.2, 0.25) is 5.75 Å². The molecule has 2 aliphatic rings. The first-order valence-corrected chi connectivity index (χ1v) is 8.75. The van der Waals surface area contributed by atoms with Crippen molar-refractivity contribution in [3.8, 4) is 17.2 Å². The van der Waals surface area contributed by atoms with Crippen molar-refractivity contribution in [2.24, 2.45) is 0 Å². The van der Waals surface area contributed by atoms with Crippen LogP contribution in [0.5, 0.6) is 17.2 Å². The van der Waals surface area contributed by atoms with Crippen molar-refractivity contribution >= 4 is 12.4 Å². The van der Waals surface area contributed by atoms with Crippen molar-refractivity contribution in [1.82, 2.24) is 5.32 Å². The lowest BCUT2D eigenvalue weighted by atomic mass is 10.1. The molecule has 0 saturated carbocycles. The molecule has 0 amide bonds. The number of fused-ring (bicyclic) bond motifs is 1. The van der Waals surface area contributed by atoms with Crippen molar-refractivity contribution in [3.63, 3.8) is 0 Å². The Kier molecular flexibility index (Phi) is 8.36. The van der Waals surface area contributed by atoms with Gasteiger partial charge in [-0.05, 0) is 25.1 Å². The molecule has 3 rings (SSSR count). The fraction of sp³-hybridized carbons (Fsp3) is 0.647. The summed E-state index contributed by atoms with van der Waals surface area (Å²) in [5, 5.41) is 13.1. The quantitative estimate of drug-likeness (QED) is 0.339. The standard InChI is InChI=1S/C17H24N2O8.ClH/c1-22-12-5-3-6-13(23-2)16(12)24-8-4-7-18-11-9-25-17-14(27-19(20)21)10-26-15(11)17;/h3,5-6,11,14-15,17-18H,4,7-10H2,1-2H3;1H/t11-,14-,15+,17+;/m0./s1. The van der Waals surface area contributed by atoms with E-state index in [0.717, 1.165) is 6.42 Å². The summed E-state index contributed by atoms with van der Waals surface area (Å²) in [4.78, 5) is 15.1. The highest BCUT2D eigenvalue weighted by Gasteiger charge is 2.49. The van der Waals surface area contributed by atoms with E-state index >= 15 is 0 Å². The lowest BCUT2D eigenvalue weighted by molar-refractivity contribution is -0.769. The fourth-order valence-corrected chi connectivity index (χ4v) is 3.33. The van der Waals surface area contributed by atoms with E-state index in [-0.39, 0.29) is 31.2 Å². The van der Waals surface area contributed by atoms with E-state index in [1.165, 1.54) is 0 Å². The molecule has 1 N–H and O–H groups in total. The molecule has 0 unspecified atom stereocenters. The maximum Gasteiger partial charge on any atom is 0.294 e. The van der Waals surface area contributed by atoms with Crippen LogP contribution in [0.25, 0.3) is 0 Å². The number of ether oxygens (including phenoxy) is 5. The van der Waals surface area contributed by atoms with Gasteiger partial charge in [-0.15, -0.1) is 22.5 Å². The Balaban J connectivity index is 0.00000280. The van der Waals surface area contributed by atoms with Crippen LogP contribution in [0.1, 0.15) is 6.42 Å². The van der Waals surface area contributed by atoms with E-state index in [4.69, 9.17) is 23.7 Å². The van der Waals surface area contributed by atoms with Gasteiger partial charge < -0.3 is 33.8 Å². The van der Waals surface area contributed by atoms with Crippen LogP contribution in [0.4, 0.5) is 0 Å². The summed E-state index contributed by atoms with van der Waals surface area (Å²) < 4.78 is 27.6. The molecule has 0 spiro atoms. The van der Waals surface area contributed by atoms with Crippen molar-refractivity contribution in [3.05, 3.63) is 28.3 Å². The van der Waals surface area contributed by atoms with Gasteiger partial charge in [-0.25, -0.2) is 0 Å². The molecule has 0 bridgehead atoms. The summed E-state index contributed by atoms with van der Waals surface area (Å²) >= 11 is 0. The van der Waals surface area contributed by atoms with Crippen LogP contribution in [0.2, 0.25) is 0 Å². The lowest BCUT2D eigenvalue weighted by Crippen LogP contribution is -2.42. The Morgan fingerprint density at radius 2 is 1.86 bits per heavy atom. The first kappa shape index (κ1) is 22.3. The van der Waals surface area contributed by atoms with E-state index in [9.17, 15) is 10.1 Å². The van der Waals surface area contributed by atoms with Gasteiger partial charge in [0, 0.05) is 0 Å². The van der Waals surface area contributed by atoms with Crippen molar-refractivity contribution in [1.29, 1.82) is 0 Å². The van der Waals surface area contributed by atoms with Crippen LogP contribution >= 0.6 is 12.4 Å². The molecular formula is C17H25ClN2O8. The number of hydrogen-bond donors (Lipinski definition) is 1. The van der Waals surface area contributed by atoms with Gasteiger partial charge in [0.05, 0.1) is 40.1 Å². The van der Waals surface area contributed by atoms with Gasteiger partial charge >= 0.3 is 0 Å². The largest absolute Gasteiger partial charge is 0.493 e. The zero-order chi connectivity index (χ0) is 19.2. The Labute approximate surface area is 168 Å². The molecule has 2 saturated heterocycles. The van der Waals surface area contributed by atoms with E-state index in [0.29, 0.717) is 37.0 Å². The molecule has 2 aliphatic heterocycles. The predicted octanol–water partition coefficient (Wildman–Crippen LogP) is 1.23. The second-order valence-corrected chi connectivity index (χ2v) is 6.22. The number of nitrogens with zero attached hydrogens (tertiary/aromatic N) is 1. The highest BCUT2D eigenvalue weighted by Crippen LogP contribution is 2.36.